The van der Waals surface area contributed by atoms with Gasteiger partial charge in [0, 0.05) is 37.1 Å². The summed E-state index contributed by atoms with van der Waals surface area (Å²) in [6, 6.07) is 6.04. The first-order valence-corrected chi connectivity index (χ1v) is 11.2. The molecule has 0 aliphatic carbocycles. The second-order valence-corrected chi connectivity index (χ2v) is 8.58. The Morgan fingerprint density at radius 3 is 2.59 bits per heavy atom. The van der Waals surface area contributed by atoms with E-state index in [1.165, 1.54) is 12.1 Å². The van der Waals surface area contributed by atoms with Crippen molar-refractivity contribution in [1.82, 2.24) is 15.2 Å². The number of aliphatic hydroxyl groups is 1. The molecule has 182 valence electrons. The maximum Gasteiger partial charge on any atom is 0.254 e. The van der Waals surface area contributed by atoms with Crippen molar-refractivity contribution in [2.75, 3.05) is 19.8 Å². The van der Waals surface area contributed by atoms with Crippen LogP contribution < -0.4 is 5.32 Å². The van der Waals surface area contributed by atoms with E-state index in [4.69, 9.17) is 9.47 Å². The molecule has 0 radical (unpaired) electrons. The van der Waals surface area contributed by atoms with Crippen LogP contribution in [0.1, 0.15) is 35.2 Å². The highest BCUT2D eigenvalue weighted by Crippen LogP contribution is 2.28. The Balaban J connectivity index is 1.37. The Morgan fingerprint density at radius 2 is 1.85 bits per heavy atom. The SMILES string of the molecule is O=C(C[C@@H]1CC[C@@H]2[C@H](COC[C@@H](O)CN2C(=O)c2ccncc2)O1)NCc1cc(F)cc(F)c1. The Labute approximate surface area is 195 Å². The predicted molar refractivity (Wildman–Crippen MR) is 117 cm³/mol. The van der Waals surface area contributed by atoms with E-state index in [0.717, 1.165) is 6.07 Å². The van der Waals surface area contributed by atoms with E-state index < -0.39 is 29.9 Å². The van der Waals surface area contributed by atoms with E-state index in [1.807, 2.05) is 0 Å². The van der Waals surface area contributed by atoms with E-state index >= 15 is 0 Å². The van der Waals surface area contributed by atoms with Crippen molar-refractivity contribution in [2.24, 2.45) is 0 Å². The molecule has 2 aliphatic rings. The molecule has 1 aromatic carbocycles. The number of pyridine rings is 1. The van der Waals surface area contributed by atoms with Gasteiger partial charge in [-0.15, -0.1) is 0 Å². The first kappa shape index (κ1) is 24.2. The van der Waals surface area contributed by atoms with Crippen molar-refractivity contribution < 1.29 is 33.0 Å². The zero-order valence-electron chi connectivity index (χ0n) is 18.5. The van der Waals surface area contributed by atoms with Crippen LogP contribution in [-0.2, 0) is 20.8 Å². The number of carbonyl (C=O) groups excluding carboxylic acids is 2. The van der Waals surface area contributed by atoms with Crippen molar-refractivity contribution in [2.45, 2.75) is 50.2 Å². The first-order valence-electron chi connectivity index (χ1n) is 11.2. The minimum Gasteiger partial charge on any atom is -0.389 e. The lowest BCUT2D eigenvalue weighted by Crippen LogP contribution is -2.57. The summed E-state index contributed by atoms with van der Waals surface area (Å²) in [6.45, 7) is 0.368. The molecule has 0 saturated carbocycles. The van der Waals surface area contributed by atoms with Crippen molar-refractivity contribution in [3.05, 3.63) is 65.5 Å². The lowest BCUT2D eigenvalue weighted by molar-refractivity contribution is -0.151. The van der Waals surface area contributed by atoms with Crippen molar-refractivity contribution in [3.8, 4) is 0 Å². The summed E-state index contributed by atoms with van der Waals surface area (Å²) in [4.78, 5) is 31.2. The highest BCUT2D eigenvalue weighted by atomic mass is 19.1. The number of aromatic nitrogens is 1. The summed E-state index contributed by atoms with van der Waals surface area (Å²) >= 11 is 0. The minimum atomic E-state index is -0.817. The topological polar surface area (TPSA) is 101 Å². The van der Waals surface area contributed by atoms with Crippen LogP contribution in [0.2, 0.25) is 0 Å². The van der Waals surface area contributed by atoms with Gasteiger partial charge < -0.3 is 24.8 Å². The molecule has 2 amide bonds. The maximum absolute atomic E-state index is 13.3. The van der Waals surface area contributed by atoms with E-state index in [0.29, 0.717) is 24.0 Å². The first-order chi connectivity index (χ1) is 16.4. The molecule has 0 unspecified atom stereocenters. The van der Waals surface area contributed by atoms with Crippen LogP contribution in [0.5, 0.6) is 0 Å². The number of fused-ring (bicyclic) bond motifs is 1. The smallest absolute Gasteiger partial charge is 0.254 e. The molecule has 3 heterocycles. The number of amides is 2. The number of benzene rings is 1. The molecule has 4 atom stereocenters. The second-order valence-electron chi connectivity index (χ2n) is 8.58. The number of aliphatic hydroxyl groups excluding tert-OH is 1. The highest BCUT2D eigenvalue weighted by molar-refractivity contribution is 5.94. The fraction of sp³-hybridized carbons (Fsp3) is 0.458. The summed E-state index contributed by atoms with van der Waals surface area (Å²) < 4.78 is 38.4. The Kier molecular flexibility index (Phi) is 7.81. The summed E-state index contributed by atoms with van der Waals surface area (Å²) in [5.74, 6) is -1.93. The average Bonchev–Trinajstić information content (AvgIpc) is 2.80. The largest absolute Gasteiger partial charge is 0.389 e. The van der Waals surface area contributed by atoms with Crippen LogP contribution >= 0.6 is 0 Å². The van der Waals surface area contributed by atoms with E-state index in [2.05, 4.69) is 10.3 Å². The maximum atomic E-state index is 13.3. The average molecular weight is 475 g/mol. The molecule has 0 bridgehead atoms. The molecule has 8 nitrogen and oxygen atoms in total. The van der Waals surface area contributed by atoms with Gasteiger partial charge in [-0.05, 0) is 42.7 Å². The number of carbonyl (C=O) groups is 2. The highest BCUT2D eigenvalue weighted by Gasteiger charge is 2.40. The van der Waals surface area contributed by atoms with Gasteiger partial charge in [-0.25, -0.2) is 8.78 Å². The number of β-amino-alcohol motifs (C(OH)–C–C–N with tert-alkyl or cyclic N) is 1. The van der Waals surface area contributed by atoms with Crippen LogP contribution in [0.15, 0.2) is 42.7 Å². The summed E-state index contributed by atoms with van der Waals surface area (Å²) in [7, 11) is 0. The van der Waals surface area contributed by atoms with Crippen LogP contribution in [-0.4, -0.2) is 70.9 Å². The van der Waals surface area contributed by atoms with Gasteiger partial charge in [-0.3, -0.25) is 14.6 Å². The number of ether oxygens (including phenoxy) is 2. The van der Waals surface area contributed by atoms with Crippen molar-refractivity contribution in [3.63, 3.8) is 0 Å². The lowest BCUT2D eigenvalue weighted by atomic mass is 9.94. The molecule has 2 saturated heterocycles. The lowest BCUT2D eigenvalue weighted by Gasteiger charge is -2.44. The van der Waals surface area contributed by atoms with Crippen LogP contribution in [0.3, 0.4) is 0 Å². The molecule has 0 spiro atoms. The monoisotopic (exact) mass is 475 g/mol. The molecule has 2 aromatic rings. The Bertz CT molecular complexity index is 989. The third-order valence-electron chi connectivity index (χ3n) is 5.99. The molecule has 10 heteroatoms. The van der Waals surface area contributed by atoms with Gasteiger partial charge in [-0.1, -0.05) is 0 Å². The predicted octanol–water partition coefficient (Wildman–Crippen LogP) is 1.82. The van der Waals surface area contributed by atoms with E-state index in [-0.39, 0.29) is 50.6 Å². The summed E-state index contributed by atoms with van der Waals surface area (Å²) in [5, 5.41) is 12.9. The van der Waals surface area contributed by atoms with Crippen LogP contribution in [0.25, 0.3) is 0 Å². The van der Waals surface area contributed by atoms with Gasteiger partial charge >= 0.3 is 0 Å². The summed E-state index contributed by atoms with van der Waals surface area (Å²) in [6.07, 6.45) is 2.59. The van der Waals surface area contributed by atoms with Gasteiger partial charge in [0.05, 0.1) is 37.9 Å². The van der Waals surface area contributed by atoms with Gasteiger partial charge in [0.15, 0.2) is 0 Å². The molecule has 4 rings (SSSR count). The Morgan fingerprint density at radius 1 is 1.12 bits per heavy atom. The quantitative estimate of drug-likeness (QED) is 0.684. The number of nitrogens with one attached hydrogen (secondary N) is 1. The van der Waals surface area contributed by atoms with E-state index in [1.54, 1.807) is 29.4 Å². The number of nitrogens with zero attached hydrogens (tertiary/aromatic N) is 2. The van der Waals surface area contributed by atoms with Crippen LogP contribution in [0, 0.1) is 11.6 Å². The van der Waals surface area contributed by atoms with Crippen molar-refractivity contribution in [1.29, 1.82) is 0 Å². The molecular weight excluding hydrogens is 448 g/mol. The summed E-state index contributed by atoms with van der Waals surface area (Å²) in [5.41, 5.74) is 0.797. The molecule has 34 heavy (non-hydrogen) atoms. The van der Waals surface area contributed by atoms with Crippen LogP contribution in [0.4, 0.5) is 8.78 Å². The number of hydrogen-bond donors (Lipinski definition) is 2. The minimum absolute atomic E-state index is 0.00149. The Hall–Kier alpha value is -2.95. The van der Waals surface area contributed by atoms with Gasteiger partial charge in [0.1, 0.15) is 17.7 Å². The fourth-order valence-corrected chi connectivity index (χ4v) is 4.43. The molecule has 2 N–H and O–H groups in total. The molecular formula is C24H27F2N3O5. The molecule has 1 aromatic heterocycles. The van der Waals surface area contributed by atoms with Crippen molar-refractivity contribution >= 4 is 11.8 Å². The van der Waals surface area contributed by atoms with E-state index in [9.17, 15) is 23.5 Å². The van der Waals surface area contributed by atoms with Gasteiger partial charge in [0.2, 0.25) is 5.91 Å². The molecule has 2 aliphatic heterocycles. The number of rotatable bonds is 5. The standard InChI is InChI=1S/C24H27F2N3O5/c25-17-7-15(8-18(26)9-17)11-28-23(31)10-20-1-2-21-22(34-20)14-33-13-19(30)12-29(21)24(32)16-3-5-27-6-4-16/h3-9,19-22,30H,1-2,10-14H2,(H,28,31)/t19-,20-,21+,22-/m0/s1. The fourth-order valence-electron chi connectivity index (χ4n) is 4.43. The third-order valence-corrected chi connectivity index (χ3v) is 5.99. The second kappa shape index (κ2) is 11.0. The van der Waals surface area contributed by atoms with Gasteiger partial charge in [-0.2, -0.15) is 0 Å². The normalized spacial score (nSPS) is 25.1. The zero-order valence-corrected chi connectivity index (χ0v) is 18.5. The molecule has 2 fully saturated rings. The number of halogens is 2. The third kappa shape index (κ3) is 6.13. The van der Waals surface area contributed by atoms with Gasteiger partial charge in [0.25, 0.3) is 5.91 Å². The zero-order chi connectivity index (χ0) is 24.1. The number of hydrogen-bond acceptors (Lipinski definition) is 6.